The number of aromatic nitrogens is 3. The first-order chi connectivity index (χ1) is 7.29. The second kappa shape index (κ2) is 4.75. The highest BCUT2D eigenvalue weighted by Crippen LogP contribution is 2.34. The van der Waals surface area contributed by atoms with Crippen LogP contribution in [0.1, 0.15) is 38.3 Å². The minimum Gasteiger partial charge on any atom is -0.308 e. The number of hydrogen-bond acceptors (Lipinski definition) is 3. The first-order valence-corrected chi connectivity index (χ1v) is 5.86. The fourth-order valence-corrected chi connectivity index (χ4v) is 1.87. The molecule has 1 aromatic heterocycles. The summed E-state index contributed by atoms with van der Waals surface area (Å²) in [4.78, 5) is 0. The van der Waals surface area contributed by atoms with E-state index in [-0.39, 0.29) is 0 Å². The molecule has 1 atom stereocenters. The van der Waals surface area contributed by atoms with Gasteiger partial charge in [0.15, 0.2) is 0 Å². The van der Waals surface area contributed by atoms with E-state index in [9.17, 15) is 0 Å². The van der Waals surface area contributed by atoms with Crippen molar-refractivity contribution in [3.63, 3.8) is 0 Å². The molecule has 2 rings (SSSR count). The Morgan fingerprint density at radius 3 is 2.93 bits per heavy atom. The number of nitrogens with zero attached hydrogens (tertiary/aromatic N) is 3. The monoisotopic (exact) mass is 208 g/mol. The largest absolute Gasteiger partial charge is 0.308 e. The lowest BCUT2D eigenvalue weighted by Gasteiger charge is -2.16. The summed E-state index contributed by atoms with van der Waals surface area (Å²) in [6.07, 6.45) is 7.25. The fourth-order valence-electron chi connectivity index (χ4n) is 1.87. The molecule has 0 bridgehead atoms. The van der Waals surface area contributed by atoms with Crippen LogP contribution in [0.25, 0.3) is 0 Å². The topological polar surface area (TPSA) is 42.7 Å². The van der Waals surface area contributed by atoms with Crippen LogP contribution in [0.3, 0.4) is 0 Å². The van der Waals surface area contributed by atoms with E-state index in [4.69, 9.17) is 0 Å². The molecule has 0 aromatic carbocycles. The highest BCUT2D eigenvalue weighted by Gasteiger charge is 2.24. The molecule has 4 heteroatoms. The third-order valence-corrected chi connectivity index (χ3v) is 3.19. The number of rotatable bonds is 6. The summed E-state index contributed by atoms with van der Waals surface area (Å²) < 4.78 is 1.83. The molecule has 4 nitrogen and oxygen atoms in total. The molecule has 1 aliphatic rings. The summed E-state index contributed by atoms with van der Waals surface area (Å²) in [5.74, 6) is 0.993. The molecule has 1 aromatic rings. The van der Waals surface area contributed by atoms with E-state index < -0.39 is 0 Å². The summed E-state index contributed by atoms with van der Waals surface area (Å²) in [5.41, 5.74) is 1.16. The molecule has 0 radical (unpaired) electrons. The van der Waals surface area contributed by atoms with E-state index >= 15 is 0 Å². The molecule has 1 unspecified atom stereocenters. The van der Waals surface area contributed by atoms with Crippen LogP contribution < -0.4 is 5.32 Å². The Bertz CT molecular complexity index is 303. The summed E-state index contributed by atoms with van der Waals surface area (Å²) in [5, 5.41) is 11.4. The minimum absolute atomic E-state index is 0.660. The lowest BCUT2D eigenvalue weighted by atomic mass is 10.1. The molecule has 0 spiro atoms. The quantitative estimate of drug-likeness (QED) is 0.770. The Labute approximate surface area is 91.1 Å². The first kappa shape index (κ1) is 10.6. The average Bonchev–Trinajstić information content (AvgIpc) is 2.96. The lowest BCUT2D eigenvalue weighted by molar-refractivity contribution is 0.437. The zero-order valence-corrected chi connectivity index (χ0v) is 9.61. The zero-order chi connectivity index (χ0) is 10.7. The summed E-state index contributed by atoms with van der Waals surface area (Å²) in [6, 6.07) is 0.660. The second-order valence-corrected chi connectivity index (χ2v) is 4.51. The molecule has 1 N–H and O–H groups in total. The van der Waals surface area contributed by atoms with Crippen molar-refractivity contribution in [2.45, 2.75) is 45.2 Å². The van der Waals surface area contributed by atoms with Crippen molar-refractivity contribution in [1.29, 1.82) is 0 Å². The van der Waals surface area contributed by atoms with Crippen molar-refractivity contribution >= 4 is 0 Å². The van der Waals surface area contributed by atoms with Gasteiger partial charge in [0.1, 0.15) is 0 Å². The summed E-state index contributed by atoms with van der Waals surface area (Å²) >= 11 is 0. The van der Waals surface area contributed by atoms with Crippen molar-refractivity contribution in [1.82, 2.24) is 20.3 Å². The smallest absolute Gasteiger partial charge is 0.0738 e. The molecule has 0 saturated heterocycles. The Kier molecular flexibility index (Phi) is 3.36. The zero-order valence-electron chi connectivity index (χ0n) is 9.61. The van der Waals surface area contributed by atoms with Gasteiger partial charge in [0.2, 0.25) is 0 Å². The van der Waals surface area contributed by atoms with Gasteiger partial charge in [-0.2, -0.15) is 0 Å². The van der Waals surface area contributed by atoms with Gasteiger partial charge in [-0.25, -0.2) is 0 Å². The van der Waals surface area contributed by atoms with E-state index in [2.05, 4.69) is 22.6 Å². The highest BCUT2D eigenvalue weighted by molar-refractivity contribution is 4.93. The molecule has 1 fully saturated rings. The van der Waals surface area contributed by atoms with Gasteiger partial charge < -0.3 is 5.32 Å². The Balaban J connectivity index is 1.77. The van der Waals surface area contributed by atoms with Crippen LogP contribution in [0.5, 0.6) is 0 Å². The molecule has 1 saturated carbocycles. The van der Waals surface area contributed by atoms with Gasteiger partial charge in [-0.15, -0.1) is 5.10 Å². The fraction of sp³-hybridized carbons (Fsp3) is 0.818. The van der Waals surface area contributed by atoms with Crippen LogP contribution in [-0.2, 0) is 13.6 Å². The van der Waals surface area contributed by atoms with Crippen molar-refractivity contribution in [3.05, 3.63) is 11.9 Å². The van der Waals surface area contributed by atoms with Gasteiger partial charge >= 0.3 is 0 Å². The van der Waals surface area contributed by atoms with Gasteiger partial charge in [-0.05, 0) is 18.8 Å². The van der Waals surface area contributed by atoms with Crippen molar-refractivity contribution < 1.29 is 0 Å². The van der Waals surface area contributed by atoms with E-state index in [0.717, 1.165) is 18.2 Å². The van der Waals surface area contributed by atoms with Gasteiger partial charge in [-0.3, -0.25) is 4.68 Å². The van der Waals surface area contributed by atoms with Gasteiger partial charge in [0.25, 0.3) is 0 Å². The van der Waals surface area contributed by atoms with Crippen molar-refractivity contribution in [2.24, 2.45) is 13.0 Å². The molecule has 1 aliphatic carbocycles. The Hall–Kier alpha value is -0.900. The number of nitrogens with one attached hydrogen (secondary N) is 1. The predicted octanol–water partition coefficient (Wildman–Crippen LogP) is 1.48. The SMILES string of the molecule is CCC(CC1CC1)NCc1cnnn1C. The van der Waals surface area contributed by atoms with Crippen LogP contribution in [0.4, 0.5) is 0 Å². The minimum atomic E-state index is 0.660. The van der Waals surface area contributed by atoms with E-state index in [1.165, 1.54) is 25.7 Å². The van der Waals surface area contributed by atoms with E-state index in [0.29, 0.717) is 6.04 Å². The number of aryl methyl sites for hydroxylation is 1. The summed E-state index contributed by atoms with van der Waals surface area (Å²) in [6.45, 7) is 3.14. The maximum Gasteiger partial charge on any atom is 0.0738 e. The lowest BCUT2D eigenvalue weighted by Crippen LogP contribution is -2.29. The molecule has 84 valence electrons. The van der Waals surface area contributed by atoms with Crippen LogP contribution in [0.2, 0.25) is 0 Å². The normalized spacial score (nSPS) is 18.0. The van der Waals surface area contributed by atoms with Crippen LogP contribution in [-0.4, -0.2) is 21.0 Å². The van der Waals surface area contributed by atoms with Gasteiger partial charge in [-0.1, -0.05) is 25.0 Å². The third kappa shape index (κ3) is 3.02. The van der Waals surface area contributed by atoms with Crippen LogP contribution >= 0.6 is 0 Å². The molecular weight excluding hydrogens is 188 g/mol. The third-order valence-electron chi connectivity index (χ3n) is 3.19. The van der Waals surface area contributed by atoms with Crippen LogP contribution in [0, 0.1) is 5.92 Å². The highest BCUT2D eigenvalue weighted by atomic mass is 15.4. The molecule has 15 heavy (non-hydrogen) atoms. The van der Waals surface area contributed by atoms with Crippen molar-refractivity contribution in [3.8, 4) is 0 Å². The number of hydrogen-bond donors (Lipinski definition) is 1. The Morgan fingerprint density at radius 2 is 2.40 bits per heavy atom. The summed E-state index contributed by atoms with van der Waals surface area (Å²) in [7, 11) is 1.94. The first-order valence-electron chi connectivity index (χ1n) is 5.86. The predicted molar refractivity (Wildman–Crippen MR) is 59.3 cm³/mol. The van der Waals surface area contributed by atoms with Crippen molar-refractivity contribution in [2.75, 3.05) is 0 Å². The second-order valence-electron chi connectivity index (χ2n) is 4.51. The van der Waals surface area contributed by atoms with E-state index in [1.807, 2.05) is 17.9 Å². The van der Waals surface area contributed by atoms with Gasteiger partial charge in [0.05, 0.1) is 11.9 Å². The Morgan fingerprint density at radius 1 is 1.60 bits per heavy atom. The van der Waals surface area contributed by atoms with Crippen LogP contribution in [0.15, 0.2) is 6.20 Å². The maximum atomic E-state index is 3.92. The molecular formula is C11H20N4. The molecule has 0 amide bonds. The van der Waals surface area contributed by atoms with Gasteiger partial charge in [0, 0.05) is 19.6 Å². The molecule has 1 heterocycles. The maximum absolute atomic E-state index is 3.92. The van der Waals surface area contributed by atoms with E-state index in [1.54, 1.807) is 0 Å². The molecule has 0 aliphatic heterocycles. The standard InChI is InChI=1S/C11H20N4/c1-3-10(6-9-4-5-9)12-7-11-8-13-14-15(11)2/h8-10,12H,3-7H2,1-2H3. The average molecular weight is 208 g/mol.